The number of hydrogen-bond donors (Lipinski definition) is 2. The summed E-state index contributed by atoms with van der Waals surface area (Å²) in [5.74, 6) is 0. The predicted molar refractivity (Wildman–Crippen MR) is 45.4 cm³/mol. The number of β-amino-alcohol motifs (C(OH)–C–C–N with tert-alkyl or cyclic N) is 1. The molecule has 0 saturated carbocycles. The average Bonchev–Trinajstić information content (AvgIpc) is 2.64. The van der Waals surface area contributed by atoms with Crippen LogP contribution in [0.4, 0.5) is 4.79 Å². The maximum atomic E-state index is 11.2. The molecule has 2 aliphatic rings. The van der Waals surface area contributed by atoms with Crippen molar-refractivity contribution >= 4 is 6.03 Å². The van der Waals surface area contributed by atoms with Gasteiger partial charge in [0.25, 0.3) is 0 Å². The van der Waals surface area contributed by atoms with Crippen LogP contribution < -0.4 is 5.32 Å². The number of hydrogen-bond acceptors (Lipinski definition) is 3. The van der Waals surface area contributed by atoms with E-state index < -0.39 is 5.60 Å². The van der Waals surface area contributed by atoms with E-state index in [1.807, 2.05) is 0 Å². The standard InChI is InChI=1S/C8H14N2O3/c11-7-9-2-3-10(7)5-8(12)1-4-13-6-8/h12H,1-6H2,(H,9,11). The molecule has 0 aliphatic carbocycles. The molecule has 0 aromatic heterocycles. The Bertz CT molecular complexity index is 213. The molecule has 2 saturated heterocycles. The van der Waals surface area contributed by atoms with Crippen LogP contribution in [0.2, 0.25) is 0 Å². The Balaban J connectivity index is 1.92. The van der Waals surface area contributed by atoms with Crippen molar-refractivity contribution in [1.82, 2.24) is 10.2 Å². The highest BCUT2D eigenvalue weighted by atomic mass is 16.5. The van der Waals surface area contributed by atoms with Gasteiger partial charge < -0.3 is 20.1 Å². The summed E-state index contributed by atoms with van der Waals surface area (Å²) in [6.45, 7) is 2.68. The van der Waals surface area contributed by atoms with Crippen molar-refractivity contribution in [2.45, 2.75) is 12.0 Å². The average molecular weight is 186 g/mol. The van der Waals surface area contributed by atoms with Gasteiger partial charge in [0.05, 0.1) is 13.2 Å². The number of aliphatic hydroxyl groups is 1. The zero-order chi connectivity index (χ0) is 9.31. The fraction of sp³-hybridized carbons (Fsp3) is 0.875. The summed E-state index contributed by atoms with van der Waals surface area (Å²) in [4.78, 5) is 12.8. The molecule has 1 atom stereocenters. The van der Waals surface area contributed by atoms with Crippen LogP contribution in [-0.4, -0.2) is 54.5 Å². The second-order valence-corrected chi connectivity index (χ2v) is 3.68. The molecule has 5 heteroatoms. The monoisotopic (exact) mass is 186 g/mol. The molecule has 0 spiro atoms. The van der Waals surface area contributed by atoms with Gasteiger partial charge in [0.2, 0.25) is 0 Å². The van der Waals surface area contributed by atoms with Crippen LogP contribution in [0.3, 0.4) is 0 Å². The molecular weight excluding hydrogens is 172 g/mol. The number of carbonyl (C=O) groups excluding carboxylic acids is 1. The van der Waals surface area contributed by atoms with E-state index in [0.717, 1.165) is 0 Å². The van der Waals surface area contributed by atoms with Crippen molar-refractivity contribution < 1.29 is 14.6 Å². The second-order valence-electron chi connectivity index (χ2n) is 3.68. The third-order valence-electron chi connectivity index (χ3n) is 2.51. The Hall–Kier alpha value is -0.810. The van der Waals surface area contributed by atoms with Crippen LogP contribution >= 0.6 is 0 Å². The maximum Gasteiger partial charge on any atom is 0.317 e. The van der Waals surface area contributed by atoms with Gasteiger partial charge in [-0.25, -0.2) is 4.79 Å². The summed E-state index contributed by atoms with van der Waals surface area (Å²) in [5.41, 5.74) is -0.818. The molecule has 0 radical (unpaired) electrons. The Kier molecular flexibility index (Phi) is 2.13. The van der Waals surface area contributed by atoms with Crippen LogP contribution in [0, 0.1) is 0 Å². The van der Waals surface area contributed by atoms with Crippen molar-refractivity contribution in [2.24, 2.45) is 0 Å². The van der Waals surface area contributed by atoms with Gasteiger partial charge in [-0.1, -0.05) is 0 Å². The number of nitrogens with zero attached hydrogens (tertiary/aromatic N) is 1. The number of rotatable bonds is 2. The molecule has 5 nitrogen and oxygen atoms in total. The first-order chi connectivity index (χ1) is 6.20. The first-order valence-corrected chi connectivity index (χ1v) is 4.53. The molecule has 0 aromatic carbocycles. The third-order valence-corrected chi connectivity index (χ3v) is 2.51. The van der Waals surface area contributed by atoms with Crippen LogP contribution in [0.5, 0.6) is 0 Å². The van der Waals surface area contributed by atoms with Gasteiger partial charge in [-0.2, -0.15) is 0 Å². The summed E-state index contributed by atoms with van der Waals surface area (Å²) >= 11 is 0. The van der Waals surface area contributed by atoms with E-state index in [9.17, 15) is 9.90 Å². The Morgan fingerprint density at radius 1 is 1.69 bits per heavy atom. The zero-order valence-corrected chi connectivity index (χ0v) is 7.45. The highest BCUT2D eigenvalue weighted by molar-refractivity contribution is 5.76. The molecule has 0 aromatic rings. The smallest absolute Gasteiger partial charge is 0.317 e. The van der Waals surface area contributed by atoms with Crippen LogP contribution in [0.25, 0.3) is 0 Å². The van der Waals surface area contributed by atoms with E-state index in [0.29, 0.717) is 39.3 Å². The number of urea groups is 1. The minimum Gasteiger partial charge on any atom is -0.386 e. The lowest BCUT2D eigenvalue weighted by Crippen LogP contribution is -2.44. The molecule has 2 heterocycles. The van der Waals surface area contributed by atoms with Gasteiger partial charge >= 0.3 is 6.03 Å². The van der Waals surface area contributed by atoms with Gasteiger partial charge in [0.15, 0.2) is 0 Å². The van der Waals surface area contributed by atoms with E-state index >= 15 is 0 Å². The molecule has 2 aliphatic heterocycles. The third kappa shape index (κ3) is 1.76. The largest absolute Gasteiger partial charge is 0.386 e. The highest BCUT2D eigenvalue weighted by Crippen LogP contribution is 2.20. The molecule has 2 rings (SSSR count). The molecule has 2 amide bonds. The Morgan fingerprint density at radius 2 is 2.54 bits per heavy atom. The summed E-state index contributed by atoms with van der Waals surface area (Å²) in [6.07, 6.45) is 0.622. The lowest BCUT2D eigenvalue weighted by atomic mass is 10.0. The van der Waals surface area contributed by atoms with Crippen molar-refractivity contribution in [1.29, 1.82) is 0 Å². The van der Waals surface area contributed by atoms with E-state index in [1.54, 1.807) is 4.90 Å². The summed E-state index contributed by atoms with van der Waals surface area (Å²) in [7, 11) is 0. The normalized spacial score (nSPS) is 33.9. The van der Waals surface area contributed by atoms with E-state index in [-0.39, 0.29) is 6.03 Å². The fourth-order valence-corrected chi connectivity index (χ4v) is 1.74. The molecule has 2 fully saturated rings. The molecule has 1 unspecified atom stereocenters. The maximum absolute atomic E-state index is 11.2. The van der Waals surface area contributed by atoms with E-state index in [2.05, 4.69) is 5.32 Å². The molecule has 13 heavy (non-hydrogen) atoms. The SMILES string of the molecule is O=C1NCCN1CC1(O)CCOC1. The number of carbonyl (C=O) groups is 1. The minimum absolute atomic E-state index is 0.0830. The number of nitrogens with one attached hydrogen (secondary N) is 1. The summed E-state index contributed by atoms with van der Waals surface area (Å²) in [5, 5.41) is 12.6. The number of ether oxygens (including phenoxy) is 1. The summed E-state index contributed by atoms with van der Waals surface area (Å²) < 4.78 is 5.10. The Morgan fingerprint density at radius 3 is 3.08 bits per heavy atom. The zero-order valence-electron chi connectivity index (χ0n) is 7.45. The molecule has 74 valence electrons. The van der Waals surface area contributed by atoms with Gasteiger partial charge in [0, 0.05) is 26.1 Å². The van der Waals surface area contributed by atoms with Crippen molar-refractivity contribution in [3.63, 3.8) is 0 Å². The first-order valence-electron chi connectivity index (χ1n) is 4.53. The van der Waals surface area contributed by atoms with Gasteiger partial charge in [-0.05, 0) is 0 Å². The predicted octanol–water partition coefficient (Wildman–Crippen LogP) is -0.837. The molecule has 2 N–H and O–H groups in total. The fourth-order valence-electron chi connectivity index (χ4n) is 1.74. The molecular formula is C8H14N2O3. The van der Waals surface area contributed by atoms with Crippen molar-refractivity contribution in [3.05, 3.63) is 0 Å². The van der Waals surface area contributed by atoms with Crippen LogP contribution in [-0.2, 0) is 4.74 Å². The van der Waals surface area contributed by atoms with Crippen LogP contribution in [0.15, 0.2) is 0 Å². The lowest BCUT2D eigenvalue weighted by molar-refractivity contribution is 0.00776. The van der Waals surface area contributed by atoms with E-state index in [4.69, 9.17) is 4.74 Å². The van der Waals surface area contributed by atoms with Gasteiger partial charge in [-0.3, -0.25) is 0 Å². The second kappa shape index (κ2) is 3.16. The van der Waals surface area contributed by atoms with Gasteiger partial charge in [-0.15, -0.1) is 0 Å². The minimum atomic E-state index is -0.818. The topological polar surface area (TPSA) is 61.8 Å². The van der Waals surface area contributed by atoms with Crippen LogP contribution in [0.1, 0.15) is 6.42 Å². The highest BCUT2D eigenvalue weighted by Gasteiger charge is 2.36. The van der Waals surface area contributed by atoms with Gasteiger partial charge in [0.1, 0.15) is 5.60 Å². The first kappa shape index (κ1) is 8.77. The summed E-state index contributed by atoms with van der Waals surface area (Å²) in [6, 6.07) is -0.0830. The van der Waals surface area contributed by atoms with E-state index in [1.165, 1.54) is 0 Å². The Labute approximate surface area is 76.7 Å². The lowest BCUT2D eigenvalue weighted by Gasteiger charge is -2.25. The number of amides is 2. The quantitative estimate of drug-likeness (QED) is 0.591. The van der Waals surface area contributed by atoms with Crippen molar-refractivity contribution in [2.75, 3.05) is 32.8 Å². The molecule has 0 bridgehead atoms. The van der Waals surface area contributed by atoms with Crippen molar-refractivity contribution in [3.8, 4) is 0 Å².